The highest BCUT2D eigenvalue weighted by atomic mass is 16.4. The first-order valence-electron chi connectivity index (χ1n) is 7.60. The van der Waals surface area contributed by atoms with Crippen molar-refractivity contribution in [1.29, 1.82) is 0 Å². The molecule has 0 saturated heterocycles. The number of carboxylic acids is 1. The first-order valence-corrected chi connectivity index (χ1v) is 7.60. The van der Waals surface area contributed by atoms with E-state index in [9.17, 15) is 4.79 Å². The molecule has 1 heterocycles. The van der Waals surface area contributed by atoms with E-state index < -0.39 is 5.97 Å². The lowest BCUT2D eigenvalue weighted by Gasteiger charge is -2.27. The molecule has 1 fully saturated rings. The number of benzene rings is 1. The fraction of sp³-hybridized carbons (Fsp3) is 0.500. The van der Waals surface area contributed by atoms with E-state index in [0.717, 1.165) is 42.5 Å². The van der Waals surface area contributed by atoms with E-state index in [1.807, 2.05) is 37.2 Å². The van der Waals surface area contributed by atoms with Gasteiger partial charge in [0.25, 0.3) is 6.01 Å². The molecule has 1 aliphatic carbocycles. The van der Waals surface area contributed by atoms with Gasteiger partial charge in [-0.1, -0.05) is 0 Å². The monoisotopic (exact) mass is 303 g/mol. The Bertz CT molecular complexity index is 672. The number of rotatable bonds is 4. The van der Waals surface area contributed by atoms with Gasteiger partial charge in [0.15, 0.2) is 5.58 Å². The van der Waals surface area contributed by atoms with Crippen molar-refractivity contribution >= 4 is 28.8 Å². The van der Waals surface area contributed by atoms with Crippen molar-refractivity contribution in [3.05, 3.63) is 18.2 Å². The number of aromatic nitrogens is 1. The van der Waals surface area contributed by atoms with E-state index in [2.05, 4.69) is 10.3 Å². The van der Waals surface area contributed by atoms with Crippen LogP contribution in [0.4, 0.5) is 11.7 Å². The molecule has 0 aliphatic heterocycles. The second-order valence-electron chi connectivity index (χ2n) is 6.10. The van der Waals surface area contributed by atoms with Crippen LogP contribution in [0.3, 0.4) is 0 Å². The minimum absolute atomic E-state index is 0.182. The summed E-state index contributed by atoms with van der Waals surface area (Å²) in [6.45, 7) is 0. The normalized spacial score (nSPS) is 21.7. The highest BCUT2D eigenvalue weighted by molar-refractivity contribution is 5.79. The summed E-state index contributed by atoms with van der Waals surface area (Å²) in [5.74, 6) is -0.850. The van der Waals surface area contributed by atoms with Crippen molar-refractivity contribution in [1.82, 2.24) is 4.98 Å². The molecule has 6 heteroatoms. The Morgan fingerprint density at radius 1 is 1.32 bits per heavy atom. The number of nitrogens with one attached hydrogen (secondary N) is 1. The van der Waals surface area contributed by atoms with Crippen LogP contribution in [0.25, 0.3) is 11.1 Å². The first kappa shape index (κ1) is 14.7. The van der Waals surface area contributed by atoms with E-state index in [1.165, 1.54) is 0 Å². The van der Waals surface area contributed by atoms with Gasteiger partial charge in [0, 0.05) is 25.8 Å². The molecule has 0 unspecified atom stereocenters. The van der Waals surface area contributed by atoms with Crippen molar-refractivity contribution in [3.8, 4) is 0 Å². The van der Waals surface area contributed by atoms with Gasteiger partial charge >= 0.3 is 5.97 Å². The van der Waals surface area contributed by atoms with Gasteiger partial charge < -0.3 is 19.7 Å². The molecule has 2 N–H and O–H groups in total. The van der Waals surface area contributed by atoms with Crippen LogP contribution in [0, 0.1) is 5.92 Å². The van der Waals surface area contributed by atoms with Crippen molar-refractivity contribution < 1.29 is 14.3 Å². The van der Waals surface area contributed by atoms with Gasteiger partial charge in [-0.2, -0.15) is 4.98 Å². The molecule has 0 atom stereocenters. The molecular formula is C16H21N3O3. The molecule has 1 aromatic heterocycles. The van der Waals surface area contributed by atoms with E-state index in [4.69, 9.17) is 9.52 Å². The number of carboxylic acid groups (broad SMARTS) is 1. The van der Waals surface area contributed by atoms with Gasteiger partial charge in [-0.15, -0.1) is 0 Å². The Kier molecular flexibility index (Phi) is 3.92. The third kappa shape index (κ3) is 3.00. The maximum Gasteiger partial charge on any atom is 0.306 e. The van der Waals surface area contributed by atoms with Crippen molar-refractivity contribution in [3.63, 3.8) is 0 Å². The molecule has 0 radical (unpaired) electrons. The van der Waals surface area contributed by atoms with Crippen LogP contribution in [-0.2, 0) is 4.79 Å². The molecule has 22 heavy (non-hydrogen) atoms. The number of hydrogen-bond acceptors (Lipinski definition) is 5. The quantitative estimate of drug-likeness (QED) is 0.904. The van der Waals surface area contributed by atoms with Crippen LogP contribution in [-0.4, -0.2) is 36.2 Å². The number of anilines is 2. The zero-order chi connectivity index (χ0) is 15.7. The lowest BCUT2D eigenvalue weighted by molar-refractivity contribution is -0.142. The molecule has 0 bridgehead atoms. The molecule has 0 amide bonds. The molecule has 1 aliphatic rings. The summed E-state index contributed by atoms with van der Waals surface area (Å²) in [5, 5.41) is 12.5. The number of fused-ring (bicyclic) bond motifs is 1. The highest BCUT2D eigenvalue weighted by Crippen LogP contribution is 2.28. The topological polar surface area (TPSA) is 78.6 Å². The largest absolute Gasteiger partial charge is 0.481 e. The van der Waals surface area contributed by atoms with E-state index in [0.29, 0.717) is 12.1 Å². The SMILES string of the molecule is CN(C)c1nc2cc(NC3CCC(C(=O)O)CC3)ccc2o1. The maximum atomic E-state index is 11.0. The lowest BCUT2D eigenvalue weighted by Crippen LogP contribution is -2.29. The van der Waals surface area contributed by atoms with Crippen LogP contribution in [0.15, 0.2) is 22.6 Å². The zero-order valence-corrected chi connectivity index (χ0v) is 12.9. The zero-order valence-electron chi connectivity index (χ0n) is 12.9. The summed E-state index contributed by atoms with van der Waals surface area (Å²) in [7, 11) is 3.79. The molecule has 1 saturated carbocycles. The number of hydrogen-bond donors (Lipinski definition) is 2. The van der Waals surface area contributed by atoms with Crippen molar-refractivity contribution in [2.75, 3.05) is 24.3 Å². The summed E-state index contributed by atoms with van der Waals surface area (Å²) in [6, 6.07) is 6.80. The van der Waals surface area contributed by atoms with E-state index in [-0.39, 0.29) is 5.92 Å². The fourth-order valence-electron chi connectivity index (χ4n) is 2.92. The second-order valence-corrected chi connectivity index (χ2v) is 6.10. The number of nitrogens with zero attached hydrogens (tertiary/aromatic N) is 2. The Morgan fingerprint density at radius 3 is 2.68 bits per heavy atom. The predicted octanol–water partition coefficient (Wildman–Crippen LogP) is 2.95. The Labute approximate surface area is 129 Å². The van der Waals surface area contributed by atoms with Crippen LogP contribution >= 0.6 is 0 Å². The minimum atomic E-state index is -0.668. The summed E-state index contributed by atoms with van der Waals surface area (Å²) >= 11 is 0. The van der Waals surface area contributed by atoms with Gasteiger partial charge in [-0.3, -0.25) is 4.79 Å². The van der Waals surface area contributed by atoms with Crippen LogP contribution in [0.2, 0.25) is 0 Å². The van der Waals surface area contributed by atoms with Gasteiger partial charge in [0.05, 0.1) is 5.92 Å². The number of oxazole rings is 1. The Balaban J connectivity index is 1.68. The fourth-order valence-corrected chi connectivity index (χ4v) is 2.92. The number of aliphatic carboxylic acids is 1. The van der Waals surface area contributed by atoms with Crippen molar-refractivity contribution in [2.45, 2.75) is 31.7 Å². The molecular weight excluding hydrogens is 282 g/mol. The van der Waals surface area contributed by atoms with E-state index in [1.54, 1.807) is 0 Å². The molecule has 2 aromatic rings. The lowest BCUT2D eigenvalue weighted by atomic mass is 9.86. The third-order valence-electron chi connectivity index (χ3n) is 4.21. The third-order valence-corrected chi connectivity index (χ3v) is 4.21. The molecule has 6 nitrogen and oxygen atoms in total. The summed E-state index contributed by atoms with van der Waals surface area (Å²) in [4.78, 5) is 17.3. The van der Waals surface area contributed by atoms with Gasteiger partial charge in [-0.05, 0) is 43.9 Å². The smallest absolute Gasteiger partial charge is 0.306 e. The molecule has 0 spiro atoms. The van der Waals surface area contributed by atoms with Crippen molar-refractivity contribution in [2.24, 2.45) is 5.92 Å². The minimum Gasteiger partial charge on any atom is -0.481 e. The van der Waals surface area contributed by atoms with Gasteiger partial charge in [0.2, 0.25) is 0 Å². The Hall–Kier alpha value is -2.24. The molecule has 1 aromatic carbocycles. The Morgan fingerprint density at radius 2 is 2.05 bits per heavy atom. The number of carbonyl (C=O) groups is 1. The second kappa shape index (κ2) is 5.87. The first-order chi connectivity index (χ1) is 10.5. The van der Waals surface area contributed by atoms with Crippen LogP contribution < -0.4 is 10.2 Å². The summed E-state index contributed by atoms with van der Waals surface area (Å²) in [5.41, 5.74) is 2.60. The average molecular weight is 303 g/mol. The molecule has 3 rings (SSSR count). The van der Waals surface area contributed by atoms with Crippen LogP contribution in [0.5, 0.6) is 0 Å². The molecule has 118 valence electrons. The van der Waals surface area contributed by atoms with E-state index >= 15 is 0 Å². The average Bonchev–Trinajstić information content (AvgIpc) is 2.91. The predicted molar refractivity (Wildman–Crippen MR) is 85.3 cm³/mol. The standard InChI is InChI=1S/C16H21N3O3/c1-19(2)16-18-13-9-12(7-8-14(13)22-16)17-11-5-3-10(4-6-11)15(20)21/h7-11,17H,3-6H2,1-2H3,(H,20,21). The summed E-state index contributed by atoms with van der Waals surface area (Å²) < 4.78 is 5.64. The van der Waals surface area contributed by atoms with Gasteiger partial charge in [-0.25, -0.2) is 0 Å². The van der Waals surface area contributed by atoms with Gasteiger partial charge in [0.1, 0.15) is 5.52 Å². The summed E-state index contributed by atoms with van der Waals surface area (Å²) in [6.07, 6.45) is 3.25. The highest BCUT2D eigenvalue weighted by Gasteiger charge is 2.25. The van der Waals surface area contributed by atoms with Crippen LogP contribution in [0.1, 0.15) is 25.7 Å². The maximum absolute atomic E-state index is 11.0.